The molecule has 1 N–H and O–H groups in total. The van der Waals surface area contributed by atoms with E-state index >= 15 is 0 Å². The van der Waals surface area contributed by atoms with Gasteiger partial charge in [0, 0.05) is 36.0 Å². The Bertz CT molecular complexity index is 1510. The number of carbonyl (C=O) groups is 2. The Hall–Kier alpha value is -3.58. The summed E-state index contributed by atoms with van der Waals surface area (Å²) in [5.41, 5.74) is 3.31. The number of unbranched alkanes of at least 4 members (excludes halogenated alkanes) is 1. The van der Waals surface area contributed by atoms with Gasteiger partial charge in [-0.1, -0.05) is 62.9 Å². The highest BCUT2D eigenvalue weighted by molar-refractivity contribution is 6.31. The molecule has 5 rings (SSSR count). The number of aromatic nitrogens is 1. The number of fused-ring (bicyclic) bond motifs is 4. The SMILES string of the molecule is CCCCC(C)C1CCCC(N2CCC(c3c(F)ccc(Cl)c3F)=CC2=O)c2cc(ccn2)-c2ccccc2NC1=O. The molecule has 3 unspecified atom stereocenters. The van der Waals surface area contributed by atoms with E-state index in [9.17, 15) is 18.4 Å². The Kier molecular flexibility index (Phi) is 9.37. The van der Waals surface area contributed by atoms with Gasteiger partial charge in [0.25, 0.3) is 0 Å². The number of hydrogen-bond acceptors (Lipinski definition) is 3. The third-order valence-corrected chi connectivity index (χ3v) is 8.88. The fraction of sp³-hybridized carbons (Fsp3) is 0.382. The van der Waals surface area contributed by atoms with E-state index in [0.717, 1.165) is 47.8 Å². The van der Waals surface area contributed by atoms with Crippen LogP contribution in [-0.2, 0) is 9.59 Å². The van der Waals surface area contributed by atoms with Crippen LogP contribution in [0.4, 0.5) is 14.5 Å². The fourth-order valence-electron chi connectivity index (χ4n) is 6.25. The van der Waals surface area contributed by atoms with Crippen molar-refractivity contribution in [3.8, 4) is 11.1 Å². The second-order valence-corrected chi connectivity index (χ2v) is 11.8. The smallest absolute Gasteiger partial charge is 0.247 e. The largest absolute Gasteiger partial charge is 0.330 e. The molecule has 3 atom stereocenters. The number of anilines is 1. The van der Waals surface area contributed by atoms with E-state index < -0.39 is 11.6 Å². The van der Waals surface area contributed by atoms with Crippen LogP contribution in [0.1, 0.15) is 76.1 Å². The lowest BCUT2D eigenvalue weighted by molar-refractivity contribution is -0.129. The molecule has 8 heteroatoms. The monoisotopic (exact) mass is 591 g/mol. The molecule has 220 valence electrons. The van der Waals surface area contributed by atoms with E-state index in [1.807, 2.05) is 36.4 Å². The quantitative estimate of drug-likeness (QED) is 0.292. The zero-order valence-electron chi connectivity index (χ0n) is 24.0. The van der Waals surface area contributed by atoms with Crippen molar-refractivity contribution >= 4 is 34.7 Å². The van der Waals surface area contributed by atoms with Crippen molar-refractivity contribution in [1.29, 1.82) is 0 Å². The summed E-state index contributed by atoms with van der Waals surface area (Å²) in [5, 5.41) is 3.02. The maximum atomic E-state index is 14.8. The number of carbonyl (C=O) groups excluding carboxylic acids is 2. The van der Waals surface area contributed by atoms with Crippen LogP contribution in [-0.4, -0.2) is 28.2 Å². The molecule has 0 saturated carbocycles. The lowest BCUT2D eigenvalue weighted by Crippen LogP contribution is -2.38. The molecule has 2 aromatic carbocycles. The van der Waals surface area contributed by atoms with Crippen molar-refractivity contribution < 1.29 is 18.4 Å². The van der Waals surface area contributed by atoms with Crippen LogP contribution in [0.25, 0.3) is 16.7 Å². The average molecular weight is 592 g/mol. The summed E-state index contributed by atoms with van der Waals surface area (Å²) in [5.74, 6) is -1.88. The molecule has 42 heavy (non-hydrogen) atoms. The topological polar surface area (TPSA) is 62.3 Å². The normalized spacial score (nSPS) is 20.1. The zero-order valence-corrected chi connectivity index (χ0v) is 24.8. The minimum absolute atomic E-state index is 0.0182. The van der Waals surface area contributed by atoms with Crippen molar-refractivity contribution in [2.45, 2.75) is 64.8 Å². The Morgan fingerprint density at radius 3 is 2.71 bits per heavy atom. The molecule has 3 aromatic rings. The van der Waals surface area contributed by atoms with Gasteiger partial charge in [0.05, 0.1) is 22.3 Å². The van der Waals surface area contributed by atoms with E-state index in [0.29, 0.717) is 24.8 Å². The molecule has 0 fully saturated rings. The first-order valence-corrected chi connectivity index (χ1v) is 15.2. The van der Waals surface area contributed by atoms with E-state index in [1.165, 1.54) is 12.1 Å². The van der Waals surface area contributed by atoms with Crippen molar-refractivity contribution in [3.05, 3.63) is 88.7 Å². The molecule has 1 aromatic heterocycles. The van der Waals surface area contributed by atoms with Crippen LogP contribution in [0.3, 0.4) is 0 Å². The fourth-order valence-corrected chi connectivity index (χ4v) is 6.40. The number of nitrogens with zero attached hydrogens (tertiary/aromatic N) is 2. The van der Waals surface area contributed by atoms with E-state index in [1.54, 1.807) is 11.1 Å². The molecular weight excluding hydrogens is 556 g/mol. The summed E-state index contributed by atoms with van der Waals surface area (Å²) in [6.07, 6.45) is 8.42. The minimum atomic E-state index is -0.857. The number of pyridine rings is 1. The molecule has 5 nitrogen and oxygen atoms in total. The van der Waals surface area contributed by atoms with E-state index in [-0.39, 0.29) is 53.2 Å². The lowest BCUT2D eigenvalue weighted by Gasteiger charge is -2.35. The average Bonchev–Trinajstić information content (AvgIpc) is 2.98. The van der Waals surface area contributed by atoms with Crippen LogP contribution in [0.5, 0.6) is 0 Å². The molecule has 0 saturated heterocycles. The van der Waals surface area contributed by atoms with E-state index in [4.69, 9.17) is 11.6 Å². The standard InChI is InChI=1S/C34H36ClF2N3O2/c1-3-4-8-21(2)24-10-7-12-30(29-19-22(15-17-38-29)25-9-5-6-11-28(25)39-34(24)42)40-18-16-23(20-31(40)41)32-27(36)14-13-26(35)33(32)37/h5-6,9,11,13-15,17,19-21,24,30H,3-4,7-8,10,12,16,18H2,1-2H3,(H,39,42). The number of hydrogen-bond donors (Lipinski definition) is 1. The number of rotatable bonds is 6. The predicted molar refractivity (Wildman–Crippen MR) is 163 cm³/mol. The first kappa shape index (κ1) is 29.9. The zero-order chi connectivity index (χ0) is 29.8. The van der Waals surface area contributed by atoms with Crippen molar-refractivity contribution in [3.63, 3.8) is 0 Å². The van der Waals surface area contributed by atoms with Gasteiger partial charge in [-0.05, 0) is 73.1 Å². The summed E-state index contributed by atoms with van der Waals surface area (Å²) in [7, 11) is 0. The number of halogens is 3. The third-order valence-electron chi connectivity index (χ3n) is 8.59. The lowest BCUT2D eigenvalue weighted by atomic mass is 9.83. The molecule has 0 aliphatic carbocycles. The molecule has 3 heterocycles. The number of nitrogens with one attached hydrogen (secondary N) is 1. The molecule has 2 aliphatic heterocycles. The van der Waals surface area contributed by atoms with Crippen LogP contribution < -0.4 is 5.32 Å². The highest BCUT2D eigenvalue weighted by Crippen LogP contribution is 2.38. The van der Waals surface area contributed by atoms with Gasteiger partial charge in [0.15, 0.2) is 5.82 Å². The summed E-state index contributed by atoms with van der Waals surface area (Å²) in [6.45, 7) is 4.58. The van der Waals surface area contributed by atoms with Crippen LogP contribution >= 0.6 is 11.6 Å². The summed E-state index contributed by atoms with van der Waals surface area (Å²) >= 11 is 5.92. The Balaban J connectivity index is 1.51. The highest BCUT2D eigenvalue weighted by Gasteiger charge is 2.32. The van der Waals surface area contributed by atoms with Gasteiger partial charge in [-0.15, -0.1) is 0 Å². The van der Waals surface area contributed by atoms with Gasteiger partial charge < -0.3 is 10.2 Å². The van der Waals surface area contributed by atoms with Crippen LogP contribution in [0.2, 0.25) is 5.02 Å². The van der Waals surface area contributed by atoms with Gasteiger partial charge in [-0.2, -0.15) is 0 Å². The van der Waals surface area contributed by atoms with Gasteiger partial charge in [-0.3, -0.25) is 14.6 Å². The second-order valence-electron chi connectivity index (χ2n) is 11.3. The van der Waals surface area contributed by atoms with Gasteiger partial charge in [0.1, 0.15) is 5.82 Å². The Labute approximate surface area is 251 Å². The van der Waals surface area contributed by atoms with Gasteiger partial charge in [-0.25, -0.2) is 8.78 Å². The Morgan fingerprint density at radius 2 is 1.93 bits per heavy atom. The van der Waals surface area contributed by atoms with Crippen molar-refractivity contribution in [2.75, 3.05) is 11.9 Å². The predicted octanol–water partition coefficient (Wildman–Crippen LogP) is 8.60. The Morgan fingerprint density at radius 1 is 1.12 bits per heavy atom. The molecule has 2 amide bonds. The summed E-state index contributed by atoms with van der Waals surface area (Å²) in [6, 6.07) is 13.5. The molecule has 0 radical (unpaired) electrons. The number of amides is 2. The third kappa shape index (κ3) is 6.26. The molecule has 2 bridgehead atoms. The first-order valence-electron chi connectivity index (χ1n) is 14.8. The number of para-hydroxylation sites is 1. The first-order chi connectivity index (χ1) is 20.3. The van der Waals surface area contributed by atoms with E-state index in [2.05, 4.69) is 24.1 Å². The van der Waals surface area contributed by atoms with Gasteiger partial charge in [0.2, 0.25) is 11.8 Å². The maximum Gasteiger partial charge on any atom is 0.247 e. The second kappa shape index (κ2) is 13.2. The minimum Gasteiger partial charge on any atom is -0.330 e. The summed E-state index contributed by atoms with van der Waals surface area (Å²) in [4.78, 5) is 33.6. The molecule has 0 spiro atoms. The molecular formula is C34H36ClF2N3O2. The molecule has 2 aliphatic rings. The van der Waals surface area contributed by atoms with Crippen molar-refractivity contribution in [1.82, 2.24) is 9.88 Å². The summed E-state index contributed by atoms with van der Waals surface area (Å²) < 4.78 is 29.4. The van der Waals surface area contributed by atoms with Crippen LogP contribution in [0.15, 0.2) is 60.8 Å². The number of benzene rings is 2. The van der Waals surface area contributed by atoms with Crippen LogP contribution in [0, 0.1) is 23.5 Å². The van der Waals surface area contributed by atoms with Crippen molar-refractivity contribution in [2.24, 2.45) is 11.8 Å². The van der Waals surface area contributed by atoms with Gasteiger partial charge >= 0.3 is 0 Å². The maximum absolute atomic E-state index is 14.8. The highest BCUT2D eigenvalue weighted by atomic mass is 35.5.